The molecule has 0 saturated carbocycles. The van der Waals surface area contributed by atoms with Gasteiger partial charge < -0.3 is 24.3 Å². The lowest BCUT2D eigenvalue weighted by atomic mass is 9.95. The predicted molar refractivity (Wildman–Crippen MR) is 174 cm³/mol. The summed E-state index contributed by atoms with van der Waals surface area (Å²) in [6.45, 7) is 14.2. The fraction of sp³-hybridized carbons (Fsp3) is 0.429. The molecule has 228 valence electrons. The summed E-state index contributed by atoms with van der Waals surface area (Å²) in [5, 5.41) is 22.6. The molecule has 2 aromatic carbocycles. The lowest BCUT2D eigenvalue weighted by Crippen LogP contribution is -2.55. The Morgan fingerprint density at radius 2 is 1.98 bits per heavy atom. The van der Waals surface area contributed by atoms with E-state index in [0.717, 1.165) is 30.0 Å². The maximum absolute atomic E-state index is 12.6. The zero-order chi connectivity index (χ0) is 31.4. The molecule has 0 radical (unpaired) electrons. The summed E-state index contributed by atoms with van der Waals surface area (Å²) in [4.78, 5) is 26.1. The first-order chi connectivity index (χ1) is 21.3. The van der Waals surface area contributed by atoms with Crippen LogP contribution in [0.5, 0.6) is 5.88 Å². The second-order valence-electron chi connectivity index (χ2n) is 11.8. The van der Waals surface area contributed by atoms with Crippen LogP contribution >= 0.6 is 0 Å². The van der Waals surface area contributed by atoms with Crippen molar-refractivity contribution in [2.75, 3.05) is 56.1 Å². The van der Waals surface area contributed by atoms with E-state index in [1.807, 2.05) is 14.0 Å². The molecule has 3 heterocycles. The van der Waals surface area contributed by atoms with Gasteiger partial charge in [0.15, 0.2) is 0 Å². The van der Waals surface area contributed by atoms with Crippen LogP contribution in [-0.4, -0.2) is 79.2 Å². The van der Waals surface area contributed by atoms with Gasteiger partial charge in [-0.2, -0.15) is 10.5 Å². The minimum absolute atomic E-state index is 0.180. The van der Waals surface area contributed by atoms with Crippen molar-refractivity contribution in [2.45, 2.75) is 52.3 Å². The third kappa shape index (κ3) is 6.06. The lowest BCUT2D eigenvalue weighted by Gasteiger charge is -2.43. The summed E-state index contributed by atoms with van der Waals surface area (Å²) in [5.74, 6) is 0.164. The Hall–Kier alpha value is -4.60. The van der Waals surface area contributed by atoms with Crippen LogP contribution in [-0.2, 0) is 17.8 Å². The second-order valence-corrected chi connectivity index (χ2v) is 11.8. The predicted octanol–water partition coefficient (Wildman–Crippen LogP) is 4.81. The van der Waals surface area contributed by atoms with Gasteiger partial charge in [0.2, 0.25) is 11.8 Å². The molecule has 5 rings (SSSR count). The van der Waals surface area contributed by atoms with Crippen LogP contribution in [0.1, 0.15) is 42.7 Å². The Morgan fingerprint density at radius 1 is 1.20 bits per heavy atom. The number of nitriles is 2. The number of piperazine rings is 1. The number of fused-ring (bicyclic) bond motifs is 2. The number of ether oxygens (including phenoxy) is 1. The molecule has 44 heavy (non-hydrogen) atoms. The summed E-state index contributed by atoms with van der Waals surface area (Å²) in [5.41, 5.74) is 5.58. The van der Waals surface area contributed by atoms with E-state index in [-0.39, 0.29) is 24.5 Å². The molecule has 1 fully saturated rings. The molecule has 0 unspecified atom stereocenters. The van der Waals surface area contributed by atoms with Gasteiger partial charge in [-0.25, -0.2) is 4.98 Å². The maximum atomic E-state index is 12.6. The van der Waals surface area contributed by atoms with Crippen molar-refractivity contribution in [3.63, 3.8) is 0 Å². The molecule has 0 N–H and O–H groups in total. The number of hydrogen-bond donors (Lipinski definition) is 0. The van der Waals surface area contributed by atoms with E-state index in [9.17, 15) is 15.3 Å². The van der Waals surface area contributed by atoms with E-state index in [1.54, 1.807) is 4.90 Å². The highest BCUT2D eigenvalue weighted by Gasteiger charge is 2.35. The van der Waals surface area contributed by atoms with Crippen molar-refractivity contribution in [1.29, 1.82) is 10.5 Å². The molecular weight excluding hydrogens is 550 g/mol. The topological polar surface area (TPSA) is 99.7 Å². The summed E-state index contributed by atoms with van der Waals surface area (Å²) in [7, 11) is 2.04. The third-order valence-corrected chi connectivity index (χ3v) is 8.84. The highest BCUT2D eigenvalue weighted by atomic mass is 16.5. The van der Waals surface area contributed by atoms with Crippen LogP contribution in [0, 0.1) is 29.6 Å². The maximum Gasteiger partial charge on any atom is 0.246 e. The first-order valence-corrected chi connectivity index (χ1v) is 15.4. The van der Waals surface area contributed by atoms with Crippen LogP contribution in [0.4, 0.5) is 11.4 Å². The fourth-order valence-electron chi connectivity index (χ4n) is 6.59. The van der Waals surface area contributed by atoms with E-state index >= 15 is 0 Å². The Bertz CT molecular complexity index is 1630. The molecular formula is C35H41N7O2. The van der Waals surface area contributed by atoms with E-state index in [4.69, 9.17) is 9.72 Å². The monoisotopic (exact) mass is 591 g/mol. The Labute approximate surface area is 260 Å². The number of anilines is 2. The van der Waals surface area contributed by atoms with Crippen LogP contribution in [0.25, 0.3) is 10.8 Å². The van der Waals surface area contributed by atoms with Gasteiger partial charge in [0, 0.05) is 49.4 Å². The third-order valence-electron chi connectivity index (χ3n) is 8.84. The first-order valence-electron chi connectivity index (χ1n) is 15.4. The number of benzene rings is 2. The summed E-state index contributed by atoms with van der Waals surface area (Å²) < 4.78 is 6.44. The van der Waals surface area contributed by atoms with Crippen molar-refractivity contribution in [3.8, 4) is 18.0 Å². The van der Waals surface area contributed by atoms with Gasteiger partial charge in [-0.15, -0.1) is 0 Å². The highest BCUT2D eigenvalue weighted by Crippen LogP contribution is 2.40. The number of carbonyl (C=O) groups is 1. The number of likely N-dealkylation sites (N-methyl/N-ethyl adjacent to an activating group) is 1. The molecule has 0 aliphatic carbocycles. The molecule has 2 atom stereocenters. The number of amides is 1. The molecule has 2 aliphatic heterocycles. The minimum Gasteiger partial charge on any atom is -0.472 e. The average molecular weight is 592 g/mol. The van der Waals surface area contributed by atoms with E-state index in [2.05, 4.69) is 83.7 Å². The van der Waals surface area contributed by atoms with Crippen molar-refractivity contribution in [3.05, 3.63) is 71.4 Å². The van der Waals surface area contributed by atoms with Gasteiger partial charge >= 0.3 is 0 Å². The van der Waals surface area contributed by atoms with Crippen molar-refractivity contribution in [2.24, 2.45) is 0 Å². The number of pyridine rings is 1. The molecule has 1 aromatic heterocycles. The molecule has 0 bridgehead atoms. The van der Waals surface area contributed by atoms with E-state index in [0.29, 0.717) is 50.6 Å². The number of hydrogen-bond acceptors (Lipinski definition) is 8. The molecule has 9 nitrogen and oxygen atoms in total. The molecule has 0 spiro atoms. The van der Waals surface area contributed by atoms with Gasteiger partial charge in [0.05, 0.1) is 36.5 Å². The van der Waals surface area contributed by atoms with E-state index in [1.165, 1.54) is 28.1 Å². The average Bonchev–Trinajstić information content (AvgIpc) is 3.03. The smallest absolute Gasteiger partial charge is 0.246 e. The van der Waals surface area contributed by atoms with Gasteiger partial charge in [-0.3, -0.25) is 4.79 Å². The standard InChI is InChI=1S/C35H41N7O2/c1-6-32(43)42-19-18-41(22-27(42)14-16-36)34-28-15-17-40(31-13-9-12-26-11-8-10-24(3)33(26)31)23-30(28)38-35(29(34)20-37)44-25(4)21-39(5)7-2/h6,8-13,25,27H,1,7,14-15,17-19,21-23H2,2-5H3/t25-,27+/m1/s1. The fourth-order valence-corrected chi connectivity index (χ4v) is 6.59. The van der Waals surface area contributed by atoms with Crippen LogP contribution in [0.15, 0.2) is 49.1 Å². The SMILES string of the molecule is C=CC(=O)N1CCN(c2c(C#N)c(O[C@H](C)CN(C)CC)nc3c2CCN(c2cccc4cccc(C)c24)C3)C[C@@H]1CC#N. The lowest BCUT2D eigenvalue weighted by molar-refractivity contribution is -0.128. The quantitative estimate of drug-likeness (QED) is 0.327. The summed E-state index contributed by atoms with van der Waals surface area (Å²) in [6.07, 6.45) is 2.03. The highest BCUT2D eigenvalue weighted by molar-refractivity contribution is 5.97. The van der Waals surface area contributed by atoms with Crippen LogP contribution in [0.3, 0.4) is 0 Å². The van der Waals surface area contributed by atoms with Crippen LogP contribution in [0.2, 0.25) is 0 Å². The number of rotatable bonds is 9. The zero-order valence-electron chi connectivity index (χ0n) is 26.2. The second kappa shape index (κ2) is 13.4. The van der Waals surface area contributed by atoms with Gasteiger partial charge in [-0.05, 0) is 57.0 Å². The van der Waals surface area contributed by atoms with E-state index < -0.39 is 0 Å². The first kappa shape index (κ1) is 30.8. The van der Waals surface area contributed by atoms with Gasteiger partial charge in [-0.1, -0.05) is 43.8 Å². The number of aryl methyl sites for hydroxylation is 1. The molecule has 3 aromatic rings. The van der Waals surface area contributed by atoms with Gasteiger partial charge in [0.1, 0.15) is 17.7 Å². The molecule has 2 aliphatic rings. The normalized spacial score (nSPS) is 17.2. The number of carbonyl (C=O) groups excluding carboxylic acids is 1. The van der Waals surface area contributed by atoms with Gasteiger partial charge in [0.25, 0.3) is 0 Å². The zero-order valence-corrected chi connectivity index (χ0v) is 26.2. The minimum atomic E-state index is -0.310. The number of aromatic nitrogens is 1. The molecule has 1 saturated heterocycles. The largest absolute Gasteiger partial charge is 0.472 e. The van der Waals surface area contributed by atoms with Crippen molar-refractivity contribution in [1.82, 2.24) is 14.8 Å². The summed E-state index contributed by atoms with van der Waals surface area (Å²) >= 11 is 0. The summed E-state index contributed by atoms with van der Waals surface area (Å²) in [6, 6.07) is 17.2. The molecule has 9 heteroatoms. The van der Waals surface area contributed by atoms with Crippen LogP contribution < -0.4 is 14.5 Å². The van der Waals surface area contributed by atoms with Crippen molar-refractivity contribution >= 4 is 28.1 Å². The Kier molecular flexibility index (Phi) is 9.37. The Balaban J connectivity index is 1.58. The number of nitrogens with zero attached hydrogens (tertiary/aromatic N) is 7. The molecule has 1 amide bonds. The van der Waals surface area contributed by atoms with Crippen molar-refractivity contribution < 1.29 is 9.53 Å². The Morgan fingerprint density at radius 3 is 2.68 bits per heavy atom.